The van der Waals surface area contributed by atoms with E-state index in [0.29, 0.717) is 28.0 Å². The van der Waals surface area contributed by atoms with E-state index in [-0.39, 0.29) is 16.4 Å². The third-order valence-electron chi connectivity index (χ3n) is 4.27. The van der Waals surface area contributed by atoms with Crippen molar-refractivity contribution in [1.82, 2.24) is 15.0 Å². The summed E-state index contributed by atoms with van der Waals surface area (Å²) in [6.07, 6.45) is 1.59. The maximum absolute atomic E-state index is 13.9. The maximum Gasteiger partial charge on any atom is 0.260 e. The van der Waals surface area contributed by atoms with E-state index < -0.39 is 11.6 Å². The highest BCUT2D eigenvalue weighted by molar-refractivity contribution is 8.00. The van der Waals surface area contributed by atoms with Crippen molar-refractivity contribution >= 4 is 34.5 Å². The highest BCUT2D eigenvalue weighted by Crippen LogP contribution is 2.33. The zero-order chi connectivity index (χ0) is 21.3. The molecule has 0 radical (unpaired) electrons. The number of nitrogen functional groups attached to an aromatic ring is 1. The molecule has 30 heavy (non-hydrogen) atoms. The Balaban J connectivity index is 1.68. The zero-order valence-electron chi connectivity index (χ0n) is 15.6. The number of rotatable bonds is 5. The van der Waals surface area contributed by atoms with Crippen LogP contribution < -0.4 is 20.8 Å². The number of methoxy groups -OCH3 is 1. The zero-order valence-corrected chi connectivity index (χ0v) is 16.4. The van der Waals surface area contributed by atoms with Crippen molar-refractivity contribution in [1.29, 1.82) is 0 Å². The number of benzene rings is 2. The second kappa shape index (κ2) is 7.99. The highest BCUT2D eigenvalue weighted by atomic mass is 32.2. The first kappa shape index (κ1) is 19.6. The van der Waals surface area contributed by atoms with Crippen LogP contribution in [0.25, 0.3) is 22.0 Å². The van der Waals surface area contributed by atoms with Crippen LogP contribution in [0, 0.1) is 11.6 Å². The standard InChI is InChI=1S/C20H15F2N5O2S/c1-29-19-16(27-30-17-5-3-12(21)8-14(17)22)7-11(9-24-19)10-2-4-15-13(6-10)18(28)26-20(23)25-15/h2-9,27H,1H3,(H3,23,25,26,28). The Labute approximate surface area is 173 Å². The molecule has 0 spiro atoms. The van der Waals surface area contributed by atoms with E-state index in [0.717, 1.165) is 23.6 Å². The smallest absolute Gasteiger partial charge is 0.260 e. The Morgan fingerprint density at radius 2 is 1.97 bits per heavy atom. The Kier molecular flexibility index (Phi) is 5.23. The number of fused-ring (bicyclic) bond motifs is 1. The molecule has 0 unspecified atom stereocenters. The van der Waals surface area contributed by atoms with E-state index >= 15 is 0 Å². The molecular formula is C20H15F2N5O2S. The predicted molar refractivity (Wildman–Crippen MR) is 112 cm³/mol. The molecule has 0 bridgehead atoms. The van der Waals surface area contributed by atoms with Gasteiger partial charge in [-0.25, -0.2) is 18.7 Å². The average molecular weight is 427 g/mol. The number of nitrogens with one attached hydrogen (secondary N) is 2. The second-order valence-electron chi connectivity index (χ2n) is 6.24. The molecule has 152 valence electrons. The van der Waals surface area contributed by atoms with Gasteiger partial charge in [-0.15, -0.1) is 0 Å². The van der Waals surface area contributed by atoms with E-state index in [1.54, 1.807) is 30.5 Å². The van der Waals surface area contributed by atoms with Crippen molar-refractivity contribution in [2.45, 2.75) is 4.90 Å². The van der Waals surface area contributed by atoms with Crippen LogP contribution >= 0.6 is 11.9 Å². The number of hydrogen-bond donors (Lipinski definition) is 3. The molecule has 0 saturated heterocycles. The quantitative estimate of drug-likeness (QED) is 0.414. The Morgan fingerprint density at radius 3 is 2.73 bits per heavy atom. The summed E-state index contributed by atoms with van der Waals surface area (Å²) in [6.45, 7) is 0. The van der Waals surface area contributed by atoms with Gasteiger partial charge in [0.05, 0.1) is 22.9 Å². The molecule has 2 aromatic heterocycles. The van der Waals surface area contributed by atoms with E-state index in [4.69, 9.17) is 10.5 Å². The number of aromatic nitrogens is 3. The van der Waals surface area contributed by atoms with Crippen LogP contribution in [0.1, 0.15) is 0 Å². The predicted octanol–water partition coefficient (Wildman–Crippen LogP) is 3.97. The largest absolute Gasteiger partial charge is 0.480 e. The molecule has 0 aliphatic heterocycles. The molecule has 0 aliphatic rings. The lowest BCUT2D eigenvalue weighted by Gasteiger charge is -2.12. The summed E-state index contributed by atoms with van der Waals surface area (Å²) in [4.78, 5) is 23.2. The molecular weight excluding hydrogens is 412 g/mol. The molecule has 7 nitrogen and oxygen atoms in total. The van der Waals surface area contributed by atoms with E-state index in [1.165, 1.54) is 19.2 Å². The Morgan fingerprint density at radius 1 is 1.13 bits per heavy atom. The number of hydrogen-bond acceptors (Lipinski definition) is 7. The number of halogens is 2. The number of H-pyrrole nitrogens is 1. The van der Waals surface area contributed by atoms with Crippen LogP contribution in [0.4, 0.5) is 20.4 Å². The fraction of sp³-hybridized carbons (Fsp3) is 0.0500. The summed E-state index contributed by atoms with van der Waals surface area (Å²) >= 11 is 0.958. The van der Waals surface area contributed by atoms with Crippen LogP contribution in [-0.2, 0) is 0 Å². The normalized spacial score (nSPS) is 10.9. The van der Waals surface area contributed by atoms with Gasteiger partial charge in [-0.3, -0.25) is 9.78 Å². The van der Waals surface area contributed by atoms with Crippen molar-refractivity contribution < 1.29 is 13.5 Å². The molecule has 0 atom stereocenters. The van der Waals surface area contributed by atoms with Gasteiger partial charge in [-0.05, 0) is 47.8 Å². The van der Waals surface area contributed by atoms with Gasteiger partial charge in [0.15, 0.2) is 0 Å². The molecule has 2 aromatic carbocycles. The SMILES string of the molecule is COc1ncc(-c2ccc3nc(N)[nH]c(=O)c3c2)cc1NSc1ccc(F)cc1F. The van der Waals surface area contributed by atoms with Crippen LogP contribution in [-0.4, -0.2) is 22.1 Å². The monoisotopic (exact) mass is 427 g/mol. The van der Waals surface area contributed by atoms with E-state index in [9.17, 15) is 13.6 Å². The summed E-state index contributed by atoms with van der Waals surface area (Å²) in [7, 11) is 1.46. The molecule has 10 heteroatoms. The van der Waals surface area contributed by atoms with Gasteiger partial charge in [-0.2, -0.15) is 0 Å². The van der Waals surface area contributed by atoms with Gasteiger partial charge in [0.25, 0.3) is 5.56 Å². The minimum atomic E-state index is -0.684. The minimum Gasteiger partial charge on any atom is -0.480 e. The van der Waals surface area contributed by atoms with Crippen LogP contribution in [0.2, 0.25) is 0 Å². The van der Waals surface area contributed by atoms with Crippen molar-refractivity contribution in [3.63, 3.8) is 0 Å². The van der Waals surface area contributed by atoms with Crippen LogP contribution in [0.15, 0.2) is 58.4 Å². The van der Waals surface area contributed by atoms with Crippen LogP contribution in [0.5, 0.6) is 5.88 Å². The fourth-order valence-corrected chi connectivity index (χ4v) is 3.51. The first-order chi connectivity index (χ1) is 14.4. The molecule has 0 amide bonds. The van der Waals surface area contributed by atoms with Crippen molar-refractivity contribution in [2.75, 3.05) is 17.6 Å². The fourth-order valence-electron chi connectivity index (χ4n) is 2.85. The number of nitrogens with two attached hydrogens (primary N) is 1. The molecule has 0 fully saturated rings. The first-order valence-corrected chi connectivity index (χ1v) is 9.48. The second-order valence-corrected chi connectivity index (χ2v) is 7.09. The summed E-state index contributed by atoms with van der Waals surface area (Å²) in [5.41, 5.74) is 7.59. The molecule has 4 rings (SSSR count). The maximum atomic E-state index is 13.9. The summed E-state index contributed by atoms with van der Waals surface area (Å²) in [5, 5.41) is 0.384. The molecule has 0 aliphatic carbocycles. The van der Waals surface area contributed by atoms with Crippen molar-refractivity contribution in [3.05, 3.63) is 70.6 Å². The lowest BCUT2D eigenvalue weighted by atomic mass is 10.1. The van der Waals surface area contributed by atoms with Crippen molar-refractivity contribution in [2.24, 2.45) is 0 Å². The Bertz CT molecular complexity index is 1310. The van der Waals surface area contributed by atoms with Gasteiger partial charge in [0.1, 0.15) is 17.3 Å². The molecule has 4 aromatic rings. The third-order valence-corrected chi connectivity index (χ3v) is 5.14. The van der Waals surface area contributed by atoms with Crippen molar-refractivity contribution in [3.8, 4) is 17.0 Å². The highest BCUT2D eigenvalue weighted by Gasteiger charge is 2.12. The number of ether oxygens (including phenoxy) is 1. The first-order valence-electron chi connectivity index (χ1n) is 8.66. The van der Waals surface area contributed by atoms with Gasteiger partial charge < -0.3 is 15.2 Å². The minimum absolute atomic E-state index is 0.0444. The van der Waals surface area contributed by atoms with Gasteiger partial charge in [0, 0.05) is 17.8 Å². The average Bonchev–Trinajstić information content (AvgIpc) is 2.72. The van der Waals surface area contributed by atoms with Crippen LogP contribution in [0.3, 0.4) is 0 Å². The molecule has 0 saturated carbocycles. The van der Waals surface area contributed by atoms with E-state index in [2.05, 4.69) is 19.7 Å². The number of pyridine rings is 1. The lowest BCUT2D eigenvalue weighted by Crippen LogP contribution is -2.11. The lowest BCUT2D eigenvalue weighted by molar-refractivity contribution is 0.400. The Hall–Kier alpha value is -3.66. The van der Waals surface area contributed by atoms with Gasteiger partial charge in [-0.1, -0.05) is 6.07 Å². The van der Waals surface area contributed by atoms with Gasteiger partial charge in [0.2, 0.25) is 11.8 Å². The molecule has 4 N–H and O–H groups in total. The topological polar surface area (TPSA) is 106 Å². The van der Waals surface area contributed by atoms with Gasteiger partial charge >= 0.3 is 0 Å². The number of aromatic amines is 1. The third kappa shape index (κ3) is 3.90. The number of nitrogens with zero attached hydrogens (tertiary/aromatic N) is 2. The number of anilines is 2. The summed E-state index contributed by atoms with van der Waals surface area (Å²) in [5.74, 6) is -0.999. The summed E-state index contributed by atoms with van der Waals surface area (Å²) < 4.78 is 35.2. The summed E-state index contributed by atoms with van der Waals surface area (Å²) in [6, 6.07) is 10.2. The molecule has 2 heterocycles. The van der Waals surface area contributed by atoms with E-state index in [1.807, 2.05) is 0 Å².